The Morgan fingerprint density at radius 2 is 1.45 bits per heavy atom. The summed E-state index contributed by atoms with van der Waals surface area (Å²) in [6.07, 6.45) is 7.14. The zero-order valence-electron chi connectivity index (χ0n) is 13.0. The lowest BCUT2D eigenvalue weighted by Gasteiger charge is -2.11. The van der Waals surface area contributed by atoms with E-state index >= 15 is 0 Å². The van der Waals surface area contributed by atoms with Crippen LogP contribution in [0.15, 0.2) is 0 Å². The molecule has 0 heterocycles. The van der Waals surface area contributed by atoms with Gasteiger partial charge in [0, 0.05) is 0 Å². The fourth-order valence-corrected chi connectivity index (χ4v) is 3.07. The van der Waals surface area contributed by atoms with Gasteiger partial charge >= 0.3 is 11.9 Å². The third kappa shape index (κ3) is 9.73. The zero-order valence-corrected chi connectivity index (χ0v) is 13.8. The van der Waals surface area contributed by atoms with Crippen LogP contribution in [-0.2, 0) is 23.9 Å². The molecule has 0 bridgehead atoms. The molecule has 0 aliphatic carbocycles. The minimum absolute atomic E-state index is 0.110. The molecule has 0 saturated carbocycles. The number of carbonyl (C=O) groups is 2. The molecule has 8 heteroatoms. The normalized spacial score (nSPS) is 13.0. The maximum Gasteiger partial charge on any atom is 0.325 e. The second kappa shape index (κ2) is 11.4. The third-order valence-electron chi connectivity index (χ3n) is 3.23. The first-order chi connectivity index (χ1) is 10.3. The first kappa shape index (κ1) is 20.9. The van der Waals surface area contributed by atoms with E-state index in [0.717, 1.165) is 25.7 Å². The highest BCUT2D eigenvalue weighted by atomic mass is 32.2. The molecule has 22 heavy (non-hydrogen) atoms. The van der Waals surface area contributed by atoms with Gasteiger partial charge in [0.15, 0.2) is 5.25 Å². The fourth-order valence-electron chi connectivity index (χ4n) is 1.96. The molecular formula is C14H26O7S. The second-order valence-electron chi connectivity index (χ2n) is 5.21. The molecule has 0 fully saturated rings. The van der Waals surface area contributed by atoms with Crippen molar-refractivity contribution >= 4 is 22.1 Å². The maximum atomic E-state index is 11.6. The molecule has 0 aromatic carbocycles. The van der Waals surface area contributed by atoms with E-state index in [1.54, 1.807) is 0 Å². The number of carboxylic acids is 2. The van der Waals surface area contributed by atoms with Gasteiger partial charge in [-0.05, 0) is 6.42 Å². The summed E-state index contributed by atoms with van der Waals surface area (Å²) >= 11 is 0. The Kier molecular flexibility index (Phi) is 10.8. The molecule has 7 nitrogen and oxygen atoms in total. The first-order valence-corrected chi connectivity index (χ1v) is 9.11. The first-order valence-electron chi connectivity index (χ1n) is 7.64. The van der Waals surface area contributed by atoms with Crippen LogP contribution in [0.25, 0.3) is 0 Å². The highest BCUT2D eigenvalue weighted by molar-refractivity contribution is 7.88. The van der Waals surface area contributed by atoms with E-state index in [1.165, 1.54) is 19.3 Å². The van der Waals surface area contributed by atoms with Gasteiger partial charge in [-0.3, -0.25) is 13.8 Å². The summed E-state index contributed by atoms with van der Waals surface area (Å²) < 4.78 is 27.9. The van der Waals surface area contributed by atoms with E-state index in [0.29, 0.717) is 6.42 Å². The van der Waals surface area contributed by atoms with Crippen LogP contribution in [0.1, 0.15) is 64.7 Å². The minimum atomic E-state index is -4.40. The molecule has 0 amide bonds. The molecule has 0 saturated heterocycles. The molecule has 0 aliphatic rings. The highest BCUT2D eigenvalue weighted by Gasteiger charge is 2.35. The van der Waals surface area contributed by atoms with Gasteiger partial charge in [-0.15, -0.1) is 0 Å². The van der Waals surface area contributed by atoms with Crippen molar-refractivity contribution in [2.75, 3.05) is 6.61 Å². The topological polar surface area (TPSA) is 118 Å². The number of aliphatic carboxylic acids is 2. The predicted octanol–water partition coefficient (Wildman–Crippen LogP) is 2.40. The molecule has 0 aliphatic heterocycles. The van der Waals surface area contributed by atoms with Crippen LogP contribution in [0, 0.1) is 0 Å². The average Bonchev–Trinajstić information content (AvgIpc) is 2.42. The lowest BCUT2D eigenvalue weighted by molar-refractivity contribution is -0.143. The average molecular weight is 338 g/mol. The van der Waals surface area contributed by atoms with E-state index in [1.807, 2.05) is 0 Å². The van der Waals surface area contributed by atoms with Crippen molar-refractivity contribution in [1.82, 2.24) is 0 Å². The van der Waals surface area contributed by atoms with Gasteiger partial charge in [-0.25, -0.2) is 0 Å². The monoisotopic (exact) mass is 338 g/mol. The smallest absolute Gasteiger partial charge is 0.325 e. The van der Waals surface area contributed by atoms with Crippen LogP contribution in [0.3, 0.4) is 0 Å². The molecular weight excluding hydrogens is 312 g/mol. The predicted molar refractivity (Wildman–Crippen MR) is 81.2 cm³/mol. The van der Waals surface area contributed by atoms with Gasteiger partial charge in [0.05, 0.1) is 13.0 Å². The van der Waals surface area contributed by atoms with Crippen molar-refractivity contribution in [3.05, 3.63) is 0 Å². The van der Waals surface area contributed by atoms with Crippen LogP contribution in [-0.4, -0.2) is 42.4 Å². The summed E-state index contributed by atoms with van der Waals surface area (Å²) in [4.78, 5) is 21.3. The quantitative estimate of drug-likeness (QED) is 0.369. The number of unbranched alkanes of at least 4 members (excludes halogenated alkanes) is 7. The van der Waals surface area contributed by atoms with E-state index in [4.69, 9.17) is 10.2 Å². The van der Waals surface area contributed by atoms with Crippen molar-refractivity contribution < 1.29 is 32.4 Å². The third-order valence-corrected chi connectivity index (χ3v) is 4.79. The highest BCUT2D eigenvalue weighted by Crippen LogP contribution is 2.12. The number of rotatable bonds is 14. The minimum Gasteiger partial charge on any atom is -0.481 e. The summed E-state index contributed by atoms with van der Waals surface area (Å²) in [5.74, 6) is -3.20. The van der Waals surface area contributed by atoms with E-state index in [9.17, 15) is 18.0 Å². The molecule has 130 valence electrons. The number of hydrogen-bond acceptors (Lipinski definition) is 5. The Balaban J connectivity index is 3.96. The molecule has 1 unspecified atom stereocenters. The summed E-state index contributed by atoms with van der Waals surface area (Å²) in [7, 11) is -4.40. The Hall–Kier alpha value is -1.15. The summed E-state index contributed by atoms with van der Waals surface area (Å²) in [5.41, 5.74) is 0. The second-order valence-corrected chi connectivity index (χ2v) is 7.00. The zero-order chi connectivity index (χ0) is 17.0. The fraction of sp³-hybridized carbons (Fsp3) is 0.857. The SMILES string of the molecule is CCCCCCCCCCOS(=O)(=O)C(CC(=O)O)C(=O)O. The van der Waals surface area contributed by atoms with Gasteiger partial charge < -0.3 is 10.2 Å². The molecule has 0 aromatic rings. The van der Waals surface area contributed by atoms with E-state index < -0.39 is 33.7 Å². The molecule has 1 atom stereocenters. The van der Waals surface area contributed by atoms with E-state index in [-0.39, 0.29) is 6.61 Å². The van der Waals surface area contributed by atoms with Crippen LogP contribution in [0.2, 0.25) is 0 Å². The van der Waals surface area contributed by atoms with Crippen molar-refractivity contribution in [3.63, 3.8) is 0 Å². The van der Waals surface area contributed by atoms with Crippen LogP contribution in [0.5, 0.6) is 0 Å². The van der Waals surface area contributed by atoms with Gasteiger partial charge in [-0.2, -0.15) is 8.42 Å². The largest absolute Gasteiger partial charge is 0.481 e. The van der Waals surface area contributed by atoms with Gasteiger partial charge in [0.2, 0.25) is 0 Å². The maximum absolute atomic E-state index is 11.6. The van der Waals surface area contributed by atoms with E-state index in [2.05, 4.69) is 11.1 Å². The molecule has 2 N–H and O–H groups in total. The summed E-state index contributed by atoms with van der Waals surface area (Å²) in [5, 5.41) is 15.3. The number of carboxylic acid groups (broad SMARTS) is 2. The molecule has 0 aromatic heterocycles. The van der Waals surface area contributed by atoms with Crippen LogP contribution >= 0.6 is 0 Å². The molecule has 0 rings (SSSR count). The molecule has 0 spiro atoms. The van der Waals surface area contributed by atoms with Gasteiger partial charge in [0.25, 0.3) is 10.1 Å². The van der Waals surface area contributed by atoms with Crippen molar-refractivity contribution in [2.24, 2.45) is 0 Å². The van der Waals surface area contributed by atoms with Crippen LogP contribution < -0.4 is 0 Å². The Labute approximate surface area is 131 Å². The van der Waals surface area contributed by atoms with Crippen molar-refractivity contribution in [3.8, 4) is 0 Å². The summed E-state index contributed by atoms with van der Waals surface area (Å²) in [6.45, 7) is 2.03. The van der Waals surface area contributed by atoms with Gasteiger partial charge in [-0.1, -0.05) is 51.9 Å². The summed E-state index contributed by atoms with van der Waals surface area (Å²) in [6, 6.07) is 0. The standard InChI is InChI=1S/C14H26O7S/c1-2-3-4-5-6-7-8-9-10-21-22(19,20)12(14(17)18)11-13(15)16/h12H,2-11H2,1H3,(H,15,16)(H,17,18). The number of hydrogen-bond donors (Lipinski definition) is 2. The molecule has 0 radical (unpaired) electrons. The Morgan fingerprint density at radius 3 is 1.91 bits per heavy atom. The van der Waals surface area contributed by atoms with Gasteiger partial charge in [0.1, 0.15) is 0 Å². The van der Waals surface area contributed by atoms with Crippen LogP contribution in [0.4, 0.5) is 0 Å². The lowest BCUT2D eigenvalue weighted by Crippen LogP contribution is -2.34. The Morgan fingerprint density at radius 1 is 0.955 bits per heavy atom. The Bertz CT molecular complexity index is 430. The van der Waals surface area contributed by atoms with Crippen molar-refractivity contribution in [1.29, 1.82) is 0 Å². The lowest BCUT2D eigenvalue weighted by atomic mass is 10.1. The van der Waals surface area contributed by atoms with Crippen molar-refractivity contribution in [2.45, 2.75) is 70.0 Å².